The monoisotopic (exact) mass is 404 g/mol. The number of rotatable bonds is 5. The van der Waals surface area contributed by atoms with E-state index in [1.807, 2.05) is 48.5 Å². The Morgan fingerprint density at radius 3 is 2.60 bits per heavy atom. The van der Waals surface area contributed by atoms with E-state index in [-0.39, 0.29) is 18.9 Å². The molecule has 0 bridgehead atoms. The van der Waals surface area contributed by atoms with E-state index in [0.717, 1.165) is 33.5 Å². The molecule has 1 aromatic heterocycles. The number of nitrogens with zero attached hydrogens (tertiary/aromatic N) is 1. The first-order valence-electron chi connectivity index (χ1n) is 10.0. The Morgan fingerprint density at radius 2 is 1.87 bits per heavy atom. The van der Waals surface area contributed by atoms with Crippen LogP contribution in [0.15, 0.2) is 54.7 Å². The van der Waals surface area contributed by atoms with E-state index < -0.39 is 5.97 Å². The molecular formula is C24H24N2O4. The highest BCUT2D eigenvalue weighted by Crippen LogP contribution is 2.31. The van der Waals surface area contributed by atoms with Gasteiger partial charge in [-0.2, -0.15) is 0 Å². The summed E-state index contributed by atoms with van der Waals surface area (Å²) >= 11 is 0. The van der Waals surface area contributed by atoms with Crippen LogP contribution in [0.1, 0.15) is 23.7 Å². The number of hydrogen-bond donors (Lipinski definition) is 1. The van der Waals surface area contributed by atoms with Crippen molar-refractivity contribution in [1.82, 2.24) is 9.88 Å². The van der Waals surface area contributed by atoms with Gasteiger partial charge in [-0.25, -0.2) is 4.79 Å². The zero-order valence-electron chi connectivity index (χ0n) is 17.1. The summed E-state index contributed by atoms with van der Waals surface area (Å²) in [7, 11) is 1.61. The number of aromatic nitrogens is 1. The Labute approximate surface area is 175 Å². The van der Waals surface area contributed by atoms with E-state index in [9.17, 15) is 9.59 Å². The van der Waals surface area contributed by atoms with Gasteiger partial charge < -0.3 is 19.4 Å². The summed E-state index contributed by atoms with van der Waals surface area (Å²) in [4.78, 5) is 30.7. The summed E-state index contributed by atoms with van der Waals surface area (Å²) in [6.07, 6.45) is 2.52. The predicted octanol–water partition coefficient (Wildman–Crippen LogP) is 3.71. The Bertz CT molecular complexity index is 1110. The number of carbonyl (C=O) groups is 2. The summed E-state index contributed by atoms with van der Waals surface area (Å²) in [5.41, 5.74) is 4.00. The lowest BCUT2D eigenvalue weighted by Gasteiger charge is -2.18. The number of amides is 1. The molecule has 1 aliphatic rings. The number of hydrogen-bond acceptors (Lipinski definition) is 4. The molecule has 0 saturated carbocycles. The van der Waals surface area contributed by atoms with Gasteiger partial charge >= 0.3 is 5.97 Å². The van der Waals surface area contributed by atoms with E-state index in [4.69, 9.17) is 9.47 Å². The van der Waals surface area contributed by atoms with Gasteiger partial charge in [-0.05, 0) is 42.7 Å². The number of carbonyl (C=O) groups excluding carboxylic acids is 2. The minimum Gasteiger partial charge on any atom is -0.497 e. The smallest absolute Gasteiger partial charge is 0.341 e. The molecule has 0 aliphatic carbocycles. The highest BCUT2D eigenvalue weighted by atomic mass is 16.5. The van der Waals surface area contributed by atoms with Gasteiger partial charge in [0.1, 0.15) is 5.75 Å². The Balaban J connectivity index is 1.66. The zero-order chi connectivity index (χ0) is 21.1. The third-order valence-corrected chi connectivity index (χ3v) is 5.30. The number of H-pyrrole nitrogens is 1. The van der Waals surface area contributed by atoms with E-state index in [2.05, 4.69) is 4.98 Å². The highest BCUT2D eigenvalue weighted by Gasteiger charge is 2.27. The van der Waals surface area contributed by atoms with Crippen molar-refractivity contribution in [3.8, 4) is 5.75 Å². The molecule has 4 rings (SSSR count). The number of fused-ring (bicyclic) bond motifs is 3. The quantitative estimate of drug-likeness (QED) is 0.658. The second-order valence-electron chi connectivity index (χ2n) is 7.15. The molecule has 0 unspecified atom stereocenters. The van der Waals surface area contributed by atoms with E-state index in [1.54, 1.807) is 25.1 Å². The molecule has 0 saturated heterocycles. The Hall–Kier alpha value is -3.54. The van der Waals surface area contributed by atoms with Gasteiger partial charge in [0.2, 0.25) is 5.91 Å². The maximum atomic E-state index is 13.0. The SMILES string of the molecule is CCOC(=O)C1=CN(C(=O)Cc2ccc(OC)cc2)CCc2c1[nH]c1ccccc21. The second-order valence-corrected chi connectivity index (χ2v) is 7.15. The molecule has 0 atom stereocenters. The fourth-order valence-corrected chi connectivity index (χ4v) is 3.79. The molecule has 30 heavy (non-hydrogen) atoms. The van der Waals surface area contributed by atoms with Gasteiger partial charge in [0, 0.05) is 23.6 Å². The van der Waals surface area contributed by atoms with E-state index in [0.29, 0.717) is 18.5 Å². The summed E-state index contributed by atoms with van der Waals surface area (Å²) in [6, 6.07) is 15.4. The normalized spacial score (nSPS) is 13.4. The molecule has 154 valence electrons. The van der Waals surface area contributed by atoms with Crippen LogP contribution in [0.3, 0.4) is 0 Å². The maximum Gasteiger partial charge on any atom is 0.341 e. The zero-order valence-corrected chi connectivity index (χ0v) is 17.1. The van der Waals surface area contributed by atoms with Crippen molar-refractivity contribution in [2.45, 2.75) is 19.8 Å². The van der Waals surface area contributed by atoms with Crippen molar-refractivity contribution in [2.24, 2.45) is 0 Å². The Morgan fingerprint density at radius 1 is 1.10 bits per heavy atom. The van der Waals surface area contributed by atoms with Crippen molar-refractivity contribution in [2.75, 3.05) is 20.3 Å². The topological polar surface area (TPSA) is 71.6 Å². The van der Waals surface area contributed by atoms with Gasteiger partial charge in [-0.15, -0.1) is 0 Å². The summed E-state index contributed by atoms with van der Waals surface area (Å²) < 4.78 is 10.5. The number of ether oxygens (including phenoxy) is 2. The third kappa shape index (κ3) is 3.81. The lowest BCUT2D eigenvalue weighted by Crippen LogP contribution is -2.29. The number of para-hydroxylation sites is 1. The molecule has 6 heteroatoms. The van der Waals surface area contributed by atoms with Crippen LogP contribution in [0.5, 0.6) is 5.75 Å². The van der Waals surface area contributed by atoms with Crippen LogP contribution in [0.25, 0.3) is 16.5 Å². The van der Waals surface area contributed by atoms with Crippen LogP contribution in [0.2, 0.25) is 0 Å². The number of benzene rings is 2. The van der Waals surface area contributed by atoms with Crippen LogP contribution in [-0.4, -0.2) is 42.0 Å². The van der Waals surface area contributed by atoms with Crippen molar-refractivity contribution in [3.05, 3.63) is 71.6 Å². The standard InChI is InChI=1S/C24H24N2O4/c1-3-30-24(28)20-15-26(22(27)14-16-8-10-17(29-2)11-9-16)13-12-19-18-6-4-5-7-21(18)25-23(19)20/h4-11,15,25H,3,12-14H2,1-2H3. The lowest BCUT2D eigenvalue weighted by atomic mass is 10.0. The van der Waals surface area contributed by atoms with Crippen LogP contribution in [0.4, 0.5) is 0 Å². The molecule has 2 aromatic carbocycles. The van der Waals surface area contributed by atoms with Crippen molar-refractivity contribution in [3.63, 3.8) is 0 Å². The molecule has 0 radical (unpaired) electrons. The minimum atomic E-state index is -0.436. The summed E-state index contributed by atoms with van der Waals surface area (Å²) in [5, 5.41) is 1.06. The van der Waals surface area contributed by atoms with Crippen LogP contribution in [-0.2, 0) is 27.2 Å². The van der Waals surface area contributed by atoms with E-state index >= 15 is 0 Å². The Kier molecular flexibility index (Phi) is 5.57. The van der Waals surface area contributed by atoms with Crippen LogP contribution in [0, 0.1) is 0 Å². The van der Waals surface area contributed by atoms with Gasteiger partial charge in [0.05, 0.1) is 31.4 Å². The van der Waals surface area contributed by atoms with Gasteiger partial charge in [0.25, 0.3) is 0 Å². The predicted molar refractivity (Wildman–Crippen MR) is 115 cm³/mol. The van der Waals surface area contributed by atoms with Crippen LogP contribution >= 0.6 is 0 Å². The lowest BCUT2D eigenvalue weighted by molar-refractivity contribution is -0.136. The molecule has 6 nitrogen and oxygen atoms in total. The summed E-state index contributed by atoms with van der Waals surface area (Å²) in [6.45, 7) is 2.53. The first-order chi connectivity index (χ1) is 14.6. The molecule has 1 amide bonds. The average Bonchev–Trinajstić information content (AvgIpc) is 3.01. The molecule has 1 aliphatic heterocycles. The van der Waals surface area contributed by atoms with Crippen molar-refractivity contribution < 1.29 is 19.1 Å². The van der Waals surface area contributed by atoms with Gasteiger partial charge in [-0.3, -0.25) is 4.79 Å². The second kappa shape index (κ2) is 8.45. The molecule has 0 spiro atoms. The average molecular weight is 404 g/mol. The fourth-order valence-electron chi connectivity index (χ4n) is 3.79. The minimum absolute atomic E-state index is 0.0728. The highest BCUT2D eigenvalue weighted by molar-refractivity contribution is 6.18. The van der Waals surface area contributed by atoms with Gasteiger partial charge in [0.15, 0.2) is 0 Å². The third-order valence-electron chi connectivity index (χ3n) is 5.30. The van der Waals surface area contributed by atoms with E-state index in [1.165, 1.54) is 0 Å². The first-order valence-corrected chi connectivity index (χ1v) is 10.0. The molecule has 1 N–H and O–H groups in total. The largest absolute Gasteiger partial charge is 0.497 e. The first kappa shape index (κ1) is 19.8. The molecular weight excluding hydrogens is 380 g/mol. The van der Waals surface area contributed by atoms with Crippen molar-refractivity contribution in [1.29, 1.82) is 0 Å². The number of methoxy groups -OCH3 is 1. The summed E-state index contributed by atoms with van der Waals surface area (Å²) in [5.74, 6) is 0.238. The molecule has 3 aromatic rings. The molecule has 2 heterocycles. The number of esters is 1. The number of aromatic amines is 1. The van der Waals surface area contributed by atoms with Crippen LogP contribution < -0.4 is 4.74 Å². The fraction of sp³-hybridized carbons (Fsp3) is 0.250. The van der Waals surface area contributed by atoms with Crippen molar-refractivity contribution >= 4 is 28.4 Å². The molecule has 0 fully saturated rings. The maximum absolute atomic E-state index is 13.0. The van der Waals surface area contributed by atoms with Gasteiger partial charge in [-0.1, -0.05) is 30.3 Å². The number of nitrogens with one attached hydrogen (secondary N) is 1.